The Hall–Kier alpha value is -3.85. The topological polar surface area (TPSA) is 111 Å². The quantitative estimate of drug-likeness (QED) is 0.0195. The van der Waals surface area contributed by atoms with Crippen molar-refractivity contribution in [2.45, 2.75) is 264 Å². The number of esters is 2. The van der Waals surface area contributed by atoms with Gasteiger partial charge in [-0.2, -0.15) is 0 Å². The number of hydrogen-bond acceptors (Lipinski definition) is 8. The summed E-state index contributed by atoms with van der Waals surface area (Å²) in [4.78, 5) is 38.0. The third-order valence-corrected chi connectivity index (χ3v) is 14.6. The van der Waals surface area contributed by atoms with Crippen LogP contribution in [0.15, 0.2) is 134 Å². The van der Waals surface area contributed by atoms with Gasteiger partial charge < -0.3 is 27.9 Å². The summed E-state index contributed by atoms with van der Waals surface area (Å²) in [6, 6.07) is 0. The normalized spacial score (nSPS) is 14.1. The highest BCUT2D eigenvalue weighted by Gasteiger charge is 2.22. The molecule has 0 aliphatic heterocycles. The van der Waals surface area contributed by atoms with Crippen molar-refractivity contribution < 1.29 is 42.1 Å². The van der Waals surface area contributed by atoms with E-state index in [0.29, 0.717) is 17.4 Å². The number of carbonyl (C=O) groups is 2. The lowest BCUT2D eigenvalue weighted by Gasteiger charge is -2.28. The maximum atomic E-state index is 12.8. The van der Waals surface area contributed by atoms with Gasteiger partial charge in [0.1, 0.15) is 19.8 Å². The predicted molar refractivity (Wildman–Crippen MR) is 351 cm³/mol. The van der Waals surface area contributed by atoms with Gasteiger partial charge in [-0.1, -0.05) is 263 Å². The summed E-state index contributed by atoms with van der Waals surface area (Å²) >= 11 is 0. The van der Waals surface area contributed by atoms with Crippen molar-refractivity contribution in [1.29, 1.82) is 0 Å². The van der Waals surface area contributed by atoms with Crippen molar-refractivity contribution in [2.75, 3.05) is 47.5 Å². The Morgan fingerprint density at radius 1 is 0.390 bits per heavy atom. The zero-order valence-electron chi connectivity index (χ0n) is 53.1. The summed E-state index contributed by atoms with van der Waals surface area (Å²) in [5.41, 5.74) is 0. The molecule has 0 rings (SSSR count). The third kappa shape index (κ3) is 65.3. The Morgan fingerprint density at radius 3 is 1.04 bits per heavy atom. The molecular weight excluding hydrogens is 1040 g/mol. The van der Waals surface area contributed by atoms with Crippen LogP contribution in [-0.4, -0.2) is 70.0 Å². The van der Waals surface area contributed by atoms with Gasteiger partial charge in [0, 0.05) is 12.8 Å². The molecular formula is C72H122NO8P. The van der Waals surface area contributed by atoms with Gasteiger partial charge in [0.25, 0.3) is 7.82 Å². The lowest BCUT2D eigenvalue weighted by Crippen LogP contribution is -2.37. The zero-order valence-corrected chi connectivity index (χ0v) is 54.0. The van der Waals surface area contributed by atoms with E-state index in [2.05, 4.69) is 148 Å². The molecule has 0 saturated carbocycles. The van der Waals surface area contributed by atoms with E-state index in [0.717, 1.165) is 122 Å². The minimum absolute atomic E-state index is 0.0389. The molecule has 0 saturated heterocycles. The van der Waals surface area contributed by atoms with Gasteiger partial charge in [0.05, 0.1) is 27.7 Å². The summed E-state index contributed by atoms with van der Waals surface area (Å²) in [5.74, 6) is -0.849. The minimum Gasteiger partial charge on any atom is -0.756 e. The van der Waals surface area contributed by atoms with Crippen LogP contribution in [0.1, 0.15) is 258 Å². The molecule has 0 N–H and O–H groups in total. The Balaban J connectivity index is 4.14. The highest BCUT2D eigenvalue weighted by atomic mass is 31.2. The molecule has 0 aliphatic rings. The molecule has 0 heterocycles. The number of quaternary nitrogens is 1. The summed E-state index contributed by atoms with van der Waals surface area (Å²) in [7, 11) is 1.15. The fourth-order valence-electron chi connectivity index (χ4n) is 8.62. The number of phosphoric acid groups is 1. The monoisotopic (exact) mass is 1160 g/mol. The van der Waals surface area contributed by atoms with Gasteiger partial charge in [-0.3, -0.25) is 14.2 Å². The van der Waals surface area contributed by atoms with Crippen LogP contribution < -0.4 is 4.89 Å². The summed E-state index contributed by atoms with van der Waals surface area (Å²) in [6.07, 6.45) is 89.4. The van der Waals surface area contributed by atoms with E-state index in [1.807, 2.05) is 21.1 Å². The van der Waals surface area contributed by atoms with Crippen LogP contribution in [0, 0.1) is 0 Å². The molecule has 0 aliphatic carbocycles. The molecule has 0 fully saturated rings. The summed E-state index contributed by atoms with van der Waals surface area (Å²) in [6.45, 7) is 4.10. The van der Waals surface area contributed by atoms with Crippen LogP contribution in [-0.2, 0) is 32.7 Å². The van der Waals surface area contributed by atoms with Crippen molar-refractivity contribution in [3.05, 3.63) is 134 Å². The first-order chi connectivity index (χ1) is 40.0. The van der Waals surface area contributed by atoms with Crippen LogP contribution >= 0.6 is 7.82 Å². The van der Waals surface area contributed by atoms with E-state index in [9.17, 15) is 19.0 Å². The number of phosphoric ester groups is 1. The minimum atomic E-state index is -4.65. The second-order valence-corrected chi connectivity index (χ2v) is 24.2. The molecule has 0 bridgehead atoms. The zero-order chi connectivity index (χ0) is 59.8. The number of unbranched alkanes of at least 4 members (excludes halogenated alkanes) is 23. The smallest absolute Gasteiger partial charge is 0.306 e. The third-order valence-electron chi connectivity index (χ3n) is 13.7. The van der Waals surface area contributed by atoms with E-state index in [1.165, 1.54) is 103 Å². The molecule has 468 valence electrons. The molecule has 10 heteroatoms. The average molecular weight is 1160 g/mol. The highest BCUT2D eigenvalue weighted by Crippen LogP contribution is 2.38. The highest BCUT2D eigenvalue weighted by molar-refractivity contribution is 7.45. The van der Waals surface area contributed by atoms with Gasteiger partial charge in [-0.05, 0) is 116 Å². The van der Waals surface area contributed by atoms with E-state index < -0.39 is 32.5 Å². The SMILES string of the molecule is CC/C=C\C/C=C\C/C=C\C/C=C\C/C=C\C/C=C\C/C=C\C/C=C\C/C=C\CCCCCCCCCCCC(=O)OC(COC(=O)CCCCCCCCCCC/C=C\C/C=C\CCCCCCC)COP(=O)([O-])OCC[N+](C)(C)C. The van der Waals surface area contributed by atoms with Crippen LogP contribution in [0.3, 0.4) is 0 Å². The molecule has 0 spiro atoms. The van der Waals surface area contributed by atoms with Gasteiger partial charge in [-0.25, -0.2) is 0 Å². The molecule has 0 aromatic heterocycles. The van der Waals surface area contributed by atoms with E-state index in [4.69, 9.17) is 18.5 Å². The number of ether oxygens (including phenoxy) is 2. The number of nitrogens with zero attached hydrogens (tertiary/aromatic N) is 1. The van der Waals surface area contributed by atoms with Crippen LogP contribution in [0.25, 0.3) is 0 Å². The van der Waals surface area contributed by atoms with Crippen LogP contribution in [0.4, 0.5) is 0 Å². The van der Waals surface area contributed by atoms with Crippen molar-refractivity contribution in [3.63, 3.8) is 0 Å². The summed E-state index contributed by atoms with van der Waals surface area (Å²) in [5, 5.41) is 0. The van der Waals surface area contributed by atoms with E-state index in [1.54, 1.807) is 0 Å². The molecule has 9 nitrogen and oxygen atoms in total. The van der Waals surface area contributed by atoms with Crippen LogP contribution in [0.5, 0.6) is 0 Å². The summed E-state index contributed by atoms with van der Waals surface area (Å²) < 4.78 is 34.2. The van der Waals surface area contributed by atoms with Crippen LogP contribution in [0.2, 0.25) is 0 Å². The Kier molecular flexibility index (Phi) is 58.8. The number of carbonyl (C=O) groups excluding carboxylic acids is 2. The molecule has 0 aromatic carbocycles. The molecule has 82 heavy (non-hydrogen) atoms. The lowest BCUT2D eigenvalue weighted by atomic mass is 10.1. The number of likely N-dealkylation sites (N-methyl/N-ethyl adjacent to an activating group) is 1. The standard InChI is InChI=1S/C72H122NO8P/c1-6-8-10-12-14-16-18-20-22-24-26-28-29-30-31-32-33-34-35-36-37-38-39-40-41-42-43-45-47-49-51-53-55-57-59-61-63-65-72(75)81-70(69-80-82(76,77)79-67-66-73(3,4)5)68-78-71(74)64-62-60-58-56-54-52-50-48-46-44-27-25-23-21-19-17-15-13-11-9-7-2/h8,10,14,16,19-22,25-28,30-31,33-34,36-37,39-40,42-43,70H,6-7,9,11-13,15,17-18,23-24,29,32,35,38,41,44-69H2,1-5H3/b10-8-,16-14-,21-19-,22-20-,27-25-,28-26-,31-30-,34-33-,37-36-,40-39-,43-42-. The largest absolute Gasteiger partial charge is 0.756 e. The van der Waals surface area contributed by atoms with E-state index >= 15 is 0 Å². The maximum Gasteiger partial charge on any atom is 0.306 e. The fourth-order valence-corrected chi connectivity index (χ4v) is 9.35. The molecule has 0 aromatic rings. The Bertz CT molecular complexity index is 1850. The predicted octanol–water partition coefficient (Wildman–Crippen LogP) is 20.6. The maximum absolute atomic E-state index is 12.8. The molecule has 0 radical (unpaired) electrons. The second-order valence-electron chi connectivity index (χ2n) is 22.7. The average Bonchev–Trinajstić information content (AvgIpc) is 3.46. The molecule has 2 unspecified atom stereocenters. The molecule has 2 atom stereocenters. The van der Waals surface area contributed by atoms with Crippen molar-refractivity contribution in [1.82, 2.24) is 0 Å². The van der Waals surface area contributed by atoms with Gasteiger partial charge >= 0.3 is 11.9 Å². The van der Waals surface area contributed by atoms with Crippen molar-refractivity contribution in [3.8, 4) is 0 Å². The number of hydrogen-bond donors (Lipinski definition) is 0. The second kappa shape index (κ2) is 61.7. The number of rotatable bonds is 59. The number of allylic oxidation sites excluding steroid dienone is 22. The van der Waals surface area contributed by atoms with Crippen molar-refractivity contribution in [2.24, 2.45) is 0 Å². The fraction of sp³-hybridized carbons (Fsp3) is 0.667. The van der Waals surface area contributed by atoms with E-state index in [-0.39, 0.29) is 26.1 Å². The Morgan fingerprint density at radius 2 is 0.695 bits per heavy atom. The first-order valence-electron chi connectivity index (χ1n) is 32.9. The van der Waals surface area contributed by atoms with Crippen molar-refractivity contribution >= 4 is 19.8 Å². The Labute approximate surface area is 504 Å². The van der Waals surface area contributed by atoms with Gasteiger partial charge in [-0.15, -0.1) is 0 Å². The molecule has 0 amide bonds. The first-order valence-corrected chi connectivity index (χ1v) is 34.4. The van der Waals surface area contributed by atoms with Gasteiger partial charge in [0.2, 0.25) is 0 Å². The first kappa shape index (κ1) is 78.1. The lowest BCUT2D eigenvalue weighted by molar-refractivity contribution is -0.870. The van der Waals surface area contributed by atoms with Gasteiger partial charge in [0.15, 0.2) is 6.10 Å².